The molecule has 2 atom stereocenters. The van der Waals surface area contributed by atoms with Gasteiger partial charge in [-0.1, -0.05) is 111 Å². The second-order valence-electron chi connectivity index (χ2n) is 10.9. The number of benzene rings is 5. The normalized spacial score (nSPS) is 12.7. The Morgan fingerprint density at radius 3 is 0.850 bits per heavy atom. The van der Waals surface area contributed by atoms with Crippen LogP contribution in [-0.2, 0) is 12.8 Å². The molecule has 40 heavy (non-hydrogen) atoms. The quantitative estimate of drug-likeness (QED) is 0.179. The first-order valence-corrected chi connectivity index (χ1v) is 14.5. The van der Waals surface area contributed by atoms with Crippen LogP contribution in [-0.4, -0.2) is 0 Å². The third-order valence-corrected chi connectivity index (χ3v) is 8.10. The maximum atomic E-state index is 5.89. The summed E-state index contributed by atoms with van der Waals surface area (Å²) in [7, 11) is 0. The zero-order chi connectivity index (χ0) is 27.9. The molecule has 202 valence electrons. The Kier molecular flexibility index (Phi) is 8.66. The smallest absolute Gasteiger partial charge is 0.0314 e. The molecule has 5 aromatic carbocycles. The van der Waals surface area contributed by atoms with E-state index >= 15 is 0 Å². The van der Waals surface area contributed by atoms with Crippen LogP contribution in [0.3, 0.4) is 0 Å². The van der Waals surface area contributed by atoms with Crippen molar-refractivity contribution in [3.05, 3.63) is 166 Å². The summed E-state index contributed by atoms with van der Waals surface area (Å²) in [4.78, 5) is 0. The van der Waals surface area contributed by atoms with Crippen LogP contribution < -0.4 is 11.5 Å². The Morgan fingerprint density at radius 2 is 0.600 bits per heavy atom. The molecule has 0 saturated carbocycles. The molecule has 0 fully saturated rings. The van der Waals surface area contributed by atoms with E-state index in [1.54, 1.807) is 0 Å². The van der Waals surface area contributed by atoms with Crippen LogP contribution in [0.25, 0.3) is 0 Å². The van der Waals surface area contributed by atoms with Crippen LogP contribution in [0.1, 0.15) is 83.0 Å². The molecule has 0 aliphatic rings. The van der Waals surface area contributed by atoms with E-state index in [0.29, 0.717) is 11.8 Å². The maximum absolute atomic E-state index is 5.89. The van der Waals surface area contributed by atoms with Crippen molar-refractivity contribution in [1.82, 2.24) is 0 Å². The molecule has 0 aliphatic heterocycles. The van der Waals surface area contributed by atoms with Crippen molar-refractivity contribution in [2.24, 2.45) is 0 Å². The van der Waals surface area contributed by atoms with Gasteiger partial charge in [0.05, 0.1) is 0 Å². The fourth-order valence-corrected chi connectivity index (χ4v) is 5.77. The molecule has 0 aromatic heterocycles. The van der Waals surface area contributed by atoms with Gasteiger partial charge >= 0.3 is 0 Å². The highest BCUT2D eigenvalue weighted by atomic mass is 14.5. The number of hydrogen-bond acceptors (Lipinski definition) is 2. The molecule has 0 aliphatic carbocycles. The highest BCUT2D eigenvalue weighted by Crippen LogP contribution is 2.30. The summed E-state index contributed by atoms with van der Waals surface area (Å²) in [5.74, 6) is 0.794. The van der Waals surface area contributed by atoms with E-state index in [0.717, 1.165) is 37.1 Å². The molecule has 0 heterocycles. The Morgan fingerprint density at radius 1 is 0.375 bits per heavy atom. The third-order valence-electron chi connectivity index (χ3n) is 8.10. The van der Waals surface area contributed by atoms with Crippen LogP contribution in [0.5, 0.6) is 0 Å². The molecule has 5 rings (SSSR count). The standard InChI is InChI=1S/C38H40N2/c1-3-37(33-17-21-35(39)22-18-33)31-13-9-29(10-14-31)25-27-5-7-28(8-6-27)26-30-11-15-32(16-12-30)38(4-2)34-19-23-36(40)24-20-34/h5-24,37-38H,3-4,25-26,39-40H2,1-2H3. The second kappa shape index (κ2) is 12.7. The average Bonchev–Trinajstić information content (AvgIpc) is 2.98. The van der Waals surface area contributed by atoms with Crippen LogP contribution in [0.4, 0.5) is 11.4 Å². The summed E-state index contributed by atoms with van der Waals surface area (Å²) in [6.45, 7) is 4.49. The van der Waals surface area contributed by atoms with E-state index in [2.05, 4.69) is 111 Å². The average molecular weight is 525 g/mol. The monoisotopic (exact) mass is 524 g/mol. The van der Waals surface area contributed by atoms with E-state index in [1.807, 2.05) is 24.3 Å². The molecular formula is C38H40N2. The minimum Gasteiger partial charge on any atom is -0.399 e. The lowest BCUT2D eigenvalue weighted by molar-refractivity contribution is 0.777. The first kappa shape index (κ1) is 27.3. The second-order valence-corrected chi connectivity index (χ2v) is 10.9. The molecule has 0 saturated heterocycles. The van der Waals surface area contributed by atoms with Gasteiger partial charge in [-0.3, -0.25) is 0 Å². The highest BCUT2D eigenvalue weighted by molar-refractivity contribution is 5.45. The Bertz CT molecular complexity index is 1360. The topological polar surface area (TPSA) is 52.0 Å². The van der Waals surface area contributed by atoms with E-state index in [9.17, 15) is 0 Å². The number of nitrogens with two attached hydrogens (primary N) is 2. The zero-order valence-electron chi connectivity index (χ0n) is 23.7. The molecule has 0 spiro atoms. The van der Waals surface area contributed by atoms with E-state index in [1.165, 1.54) is 44.5 Å². The van der Waals surface area contributed by atoms with Crippen molar-refractivity contribution in [3.63, 3.8) is 0 Å². The molecule has 0 amide bonds. The lowest BCUT2D eigenvalue weighted by atomic mass is 9.88. The van der Waals surface area contributed by atoms with Crippen molar-refractivity contribution < 1.29 is 0 Å². The van der Waals surface area contributed by atoms with Crippen molar-refractivity contribution in [2.75, 3.05) is 11.5 Å². The van der Waals surface area contributed by atoms with Crippen LogP contribution in [0.2, 0.25) is 0 Å². The summed E-state index contributed by atoms with van der Waals surface area (Å²) >= 11 is 0. The summed E-state index contributed by atoms with van der Waals surface area (Å²) in [6.07, 6.45) is 4.01. The van der Waals surface area contributed by atoms with Gasteiger partial charge in [0.1, 0.15) is 0 Å². The van der Waals surface area contributed by atoms with Gasteiger partial charge in [-0.05, 0) is 94.5 Å². The predicted octanol–water partition coefficient (Wildman–Crippen LogP) is 9.12. The third kappa shape index (κ3) is 6.63. The molecule has 2 unspecified atom stereocenters. The number of anilines is 2. The van der Waals surface area contributed by atoms with Gasteiger partial charge in [0.15, 0.2) is 0 Å². The fraction of sp³-hybridized carbons (Fsp3) is 0.211. The highest BCUT2D eigenvalue weighted by Gasteiger charge is 2.13. The Labute approximate surface area is 239 Å². The number of hydrogen-bond donors (Lipinski definition) is 2. The summed E-state index contributed by atoms with van der Waals surface area (Å²) in [5.41, 5.74) is 24.1. The van der Waals surface area contributed by atoms with Gasteiger partial charge < -0.3 is 11.5 Å². The fourth-order valence-electron chi connectivity index (χ4n) is 5.77. The van der Waals surface area contributed by atoms with Crippen LogP contribution >= 0.6 is 0 Å². The first-order valence-electron chi connectivity index (χ1n) is 14.5. The van der Waals surface area contributed by atoms with Gasteiger partial charge in [-0.15, -0.1) is 0 Å². The minimum absolute atomic E-state index is 0.397. The van der Waals surface area contributed by atoms with E-state index < -0.39 is 0 Å². The number of rotatable bonds is 10. The largest absolute Gasteiger partial charge is 0.399 e. The van der Waals surface area contributed by atoms with Crippen LogP contribution in [0.15, 0.2) is 121 Å². The minimum atomic E-state index is 0.397. The van der Waals surface area contributed by atoms with Gasteiger partial charge in [0, 0.05) is 23.2 Å². The molecule has 4 N–H and O–H groups in total. The molecule has 5 aromatic rings. The molecule has 0 radical (unpaired) electrons. The van der Waals surface area contributed by atoms with Crippen molar-refractivity contribution in [1.29, 1.82) is 0 Å². The van der Waals surface area contributed by atoms with Crippen molar-refractivity contribution in [2.45, 2.75) is 51.4 Å². The Hall–Kier alpha value is -4.30. The first-order chi connectivity index (χ1) is 19.5. The maximum Gasteiger partial charge on any atom is 0.0314 e. The van der Waals surface area contributed by atoms with E-state index in [4.69, 9.17) is 11.5 Å². The molecule has 0 bridgehead atoms. The summed E-state index contributed by atoms with van der Waals surface area (Å²) < 4.78 is 0. The van der Waals surface area contributed by atoms with Crippen LogP contribution in [0, 0.1) is 0 Å². The summed E-state index contributed by atoms with van der Waals surface area (Å²) in [5, 5.41) is 0. The predicted molar refractivity (Wildman–Crippen MR) is 171 cm³/mol. The lowest BCUT2D eigenvalue weighted by Crippen LogP contribution is -2.01. The Balaban J connectivity index is 1.20. The van der Waals surface area contributed by atoms with Gasteiger partial charge in [0.25, 0.3) is 0 Å². The SMILES string of the molecule is CCC(c1ccc(N)cc1)c1ccc(Cc2ccc(Cc3ccc(C(CC)c4ccc(N)cc4)cc3)cc2)cc1. The van der Waals surface area contributed by atoms with E-state index in [-0.39, 0.29) is 0 Å². The number of nitrogen functional groups attached to an aromatic ring is 2. The lowest BCUT2D eigenvalue weighted by Gasteiger charge is -2.17. The van der Waals surface area contributed by atoms with Gasteiger partial charge in [0.2, 0.25) is 0 Å². The molecular weight excluding hydrogens is 484 g/mol. The van der Waals surface area contributed by atoms with Crippen molar-refractivity contribution >= 4 is 11.4 Å². The van der Waals surface area contributed by atoms with Gasteiger partial charge in [-0.25, -0.2) is 0 Å². The zero-order valence-corrected chi connectivity index (χ0v) is 23.7. The molecule has 2 nitrogen and oxygen atoms in total. The van der Waals surface area contributed by atoms with Gasteiger partial charge in [-0.2, -0.15) is 0 Å². The molecule has 2 heteroatoms. The summed E-state index contributed by atoms with van der Waals surface area (Å²) in [6, 6.07) is 43.9. The van der Waals surface area contributed by atoms with Crippen molar-refractivity contribution in [3.8, 4) is 0 Å².